The number of methoxy groups -OCH3 is 1. The number of likely N-dealkylation sites (tertiary alicyclic amines) is 1. The first-order valence-electron chi connectivity index (χ1n) is 5.68. The van der Waals surface area contributed by atoms with Crippen molar-refractivity contribution < 1.29 is 4.74 Å². The maximum absolute atomic E-state index is 5.62. The molecular formula is C11H22ClNO. The van der Waals surface area contributed by atoms with E-state index in [2.05, 4.69) is 4.90 Å². The number of halogens is 1. The molecule has 0 bridgehead atoms. The average Bonchev–Trinajstić information content (AvgIpc) is 2.65. The standard InChI is InChI=1S/C11H22ClNO/c1-14-11-6-9-13(10-11)8-5-3-2-4-7-12/h11H,2-10H2,1H3. The Bertz CT molecular complexity index is 143. The zero-order chi connectivity index (χ0) is 10.2. The first-order valence-corrected chi connectivity index (χ1v) is 6.21. The van der Waals surface area contributed by atoms with Crippen molar-refractivity contribution >= 4 is 11.6 Å². The summed E-state index contributed by atoms with van der Waals surface area (Å²) < 4.78 is 5.33. The summed E-state index contributed by atoms with van der Waals surface area (Å²) in [5.74, 6) is 0.815. The van der Waals surface area contributed by atoms with Gasteiger partial charge in [-0.1, -0.05) is 12.8 Å². The summed E-state index contributed by atoms with van der Waals surface area (Å²) in [4.78, 5) is 2.51. The summed E-state index contributed by atoms with van der Waals surface area (Å²) >= 11 is 5.62. The second kappa shape index (κ2) is 7.49. The van der Waals surface area contributed by atoms with E-state index in [1.54, 1.807) is 0 Å². The first-order chi connectivity index (χ1) is 6.86. The molecule has 3 heteroatoms. The predicted molar refractivity (Wildman–Crippen MR) is 61.0 cm³/mol. The van der Waals surface area contributed by atoms with Crippen molar-refractivity contribution in [2.75, 3.05) is 32.6 Å². The van der Waals surface area contributed by atoms with Gasteiger partial charge >= 0.3 is 0 Å². The highest BCUT2D eigenvalue weighted by Gasteiger charge is 2.20. The maximum atomic E-state index is 5.62. The van der Waals surface area contributed by atoms with Crippen LogP contribution in [0.5, 0.6) is 0 Å². The molecule has 1 heterocycles. The zero-order valence-corrected chi connectivity index (χ0v) is 9.93. The molecule has 2 nitrogen and oxygen atoms in total. The van der Waals surface area contributed by atoms with E-state index >= 15 is 0 Å². The van der Waals surface area contributed by atoms with Gasteiger partial charge in [0.1, 0.15) is 0 Å². The highest BCUT2D eigenvalue weighted by molar-refractivity contribution is 6.17. The van der Waals surface area contributed by atoms with Gasteiger partial charge in [0.2, 0.25) is 0 Å². The van der Waals surface area contributed by atoms with Crippen LogP contribution in [-0.4, -0.2) is 43.6 Å². The fourth-order valence-electron chi connectivity index (χ4n) is 1.98. The third-order valence-electron chi connectivity index (χ3n) is 2.92. The normalized spacial score (nSPS) is 23.1. The molecule has 0 spiro atoms. The third-order valence-corrected chi connectivity index (χ3v) is 3.19. The fourth-order valence-corrected chi connectivity index (χ4v) is 2.17. The van der Waals surface area contributed by atoms with Crippen LogP contribution in [0.25, 0.3) is 0 Å². The van der Waals surface area contributed by atoms with Crippen molar-refractivity contribution in [3.8, 4) is 0 Å². The van der Waals surface area contributed by atoms with Crippen LogP contribution >= 0.6 is 11.6 Å². The van der Waals surface area contributed by atoms with E-state index in [1.165, 1.54) is 45.2 Å². The van der Waals surface area contributed by atoms with Gasteiger partial charge in [0.05, 0.1) is 6.10 Å². The van der Waals surface area contributed by atoms with Crippen LogP contribution in [0.4, 0.5) is 0 Å². The Balaban J connectivity index is 1.92. The van der Waals surface area contributed by atoms with Crippen LogP contribution in [0.2, 0.25) is 0 Å². The highest BCUT2D eigenvalue weighted by atomic mass is 35.5. The van der Waals surface area contributed by atoms with E-state index in [4.69, 9.17) is 16.3 Å². The maximum Gasteiger partial charge on any atom is 0.0710 e. The Morgan fingerprint density at radius 3 is 2.71 bits per heavy atom. The van der Waals surface area contributed by atoms with Gasteiger partial charge in [-0.05, 0) is 25.8 Å². The summed E-state index contributed by atoms with van der Waals surface area (Å²) in [5, 5.41) is 0. The van der Waals surface area contributed by atoms with E-state index < -0.39 is 0 Å². The topological polar surface area (TPSA) is 12.5 Å². The molecule has 84 valence electrons. The Hall–Kier alpha value is 0.210. The smallest absolute Gasteiger partial charge is 0.0710 e. The summed E-state index contributed by atoms with van der Waals surface area (Å²) in [5.41, 5.74) is 0. The number of hydrogen-bond donors (Lipinski definition) is 0. The zero-order valence-electron chi connectivity index (χ0n) is 9.17. The van der Waals surface area contributed by atoms with Crippen LogP contribution in [-0.2, 0) is 4.74 Å². The van der Waals surface area contributed by atoms with Crippen molar-refractivity contribution in [1.29, 1.82) is 0 Å². The molecule has 0 aliphatic carbocycles. The Kier molecular flexibility index (Phi) is 6.57. The van der Waals surface area contributed by atoms with Gasteiger partial charge in [-0.2, -0.15) is 0 Å². The van der Waals surface area contributed by atoms with Crippen LogP contribution < -0.4 is 0 Å². The summed E-state index contributed by atoms with van der Waals surface area (Å²) in [7, 11) is 1.81. The van der Waals surface area contributed by atoms with Gasteiger partial charge < -0.3 is 9.64 Å². The number of hydrogen-bond acceptors (Lipinski definition) is 2. The molecule has 0 saturated carbocycles. The molecular weight excluding hydrogens is 198 g/mol. The number of nitrogens with zero attached hydrogens (tertiary/aromatic N) is 1. The lowest BCUT2D eigenvalue weighted by Crippen LogP contribution is -2.23. The van der Waals surface area contributed by atoms with Crippen molar-refractivity contribution in [2.45, 2.75) is 38.2 Å². The first kappa shape index (κ1) is 12.3. The molecule has 1 rings (SSSR count). The molecule has 1 fully saturated rings. The van der Waals surface area contributed by atoms with E-state index in [9.17, 15) is 0 Å². The van der Waals surface area contributed by atoms with E-state index in [1.807, 2.05) is 7.11 Å². The monoisotopic (exact) mass is 219 g/mol. The quantitative estimate of drug-likeness (QED) is 0.482. The summed E-state index contributed by atoms with van der Waals surface area (Å²) in [6.07, 6.45) is 6.78. The lowest BCUT2D eigenvalue weighted by molar-refractivity contribution is 0.108. The Morgan fingerprint density at radius 2 is 2.07 bits per heavy atom. The third kappa shape index (κ3) is 4.63. The summed E-state index contributed by atoms with van der Waals surface area (Å²) in [6.45, 7) is 3.59. The number of ether oxygens (including phenoxy) is 1. The highest BCUT2D eigenvalue weighted by Crippen LogP contribution is 2.13. The van der Waals surface area contributed by atoms with Gasteiger partial charge in [-0.3, -0.25) is 0 Å². The SMILES string of the molecule is COC1CCN(CCCCCCCl)C1. The number of rotatable bonds is 7. The number of alkyl halides is 1. The van der Waals surface area contributed by atoms with Gasteiger partial charge in [0.25, 0.3) is 0 Å². The molecule has 1 aliphatic heterocycles. The Labute approximate surface area is 92.6 Å². The van der Waals surface area contributed by atoms with E-state index in [-0.39, 0.29) is 0 Å². The van der Waals surface area contributed by atoms with Crippen LogP contribution in [0.1, 0.15) is 32.1 Å². The minimum absolute atomic E-state index is 0.484. The molecule has 0 aromatic heterocycles. The van der Waals surface area contributed by atoms with Gasteiger partial charge in [0.15, 0.2) is 0 Å². The molecule has 0 aromatic carbocycles. The predicted octanol–water partition coefficient (Wildman–Crippen LogP) is 2.51. The van der Waals surface area contributed by atoms with Crippen LogP contribution in [0, 0.1) is 0 Å². The second-order valence-corrected chi connectivity index (χ2v) is 4.43. The van der Waals surface area contributed by atoms with Gasteiger partial charge in [-0.25, -0.2) is 0 Å². The van der Waals surface area contributed by atoms with Crippen molar-refractivity contribution in [2.24, 2.45) is 0 Å². The van der Waals surface area contributed by atoms with E-state index in [0.29, 0.717) is 6.10 Å². The largest absolute Gasteiger partial charge is 0.380 e. The Morgan fingerprint density at radius 1 is 1.29 bits per heavy atom. The molecule has 1 unspecified atom stereocenters. The molecule has 1 aliphatic rings. The average molecular weight is 220 g/mol. The van der Waals surface area contributed by atoms with Gasteiger partial charge in [-0.15, -0.1) is 11.6 Å². The molecule has 1 saturated heterocycles. The van der Waals surface area contributed by atoms with Crippen molar-refractivity contribution in [1.82, 2.24) is 4.90 Å². The minimum Gasteiger partial charge on any atom is -0.380 e. The molecule has 0 N–H and O–H groups in total. The fraction of sp³-hybridized carbons (Fsp3) is 1.00. The lowest BCUT2D eigenvalue weighted by Gasteiger charge is -2.14. The molecule has 14 heavy (non-hydrogen) atoms. The molecule has 1 atom stereocenters. The van der Waals surface area contributed by atoms with Crippen molar-refractivity contribution in [3.05, 3.63) is 0 Å². The second-order valence-electron chi connectivity index (χ2n) is 4.05. The lowest BCUT2D eigenvalue weighted by atomic mass is 10.2. The molecule has 0 radical (unpaired) electrons. The van der Waals surface area contributed by atoms with Crippen LogP contribution in [0.3, 0.4) is 0 Å². The number of unbranched alkanes of at least 4 members (excludes halogenated alkanes) is 3. The molecule has 0 aromatic rings. The van der Waals surface area contributed by atoms with Crippen molar-refractivity contribution in [3.63, 3.8) is 0 Å². The molecule has 0 amide bonds. The van der Waals surface area contributed by atoms with Crippen LogP contribution in [0.15, 0.2) is 0 Å². The van der Waals surface area contributed by atoms with E-state index in [0.717, 1.165) is 12.4 Å². The van der Waals surface area contributed by atoms with Gasteiger partial charge in [0, 0.05) is 26.1 Å². The summed E-state index contributed by atoms with van der Waals surface area (Å²) in [6, 6.07) is 0. The minimum atomic E-state index is 0.484.